The van der Waals surface area contributed by atoms with E-state index in [0.717, 1.165) is 31.6 Å². The first-order valence-electron chi connectivity index (χ1n) is 10.5. The molecule has 164 valence electrons. The number of benzene rings is 2. The van der Waals surface area contributed by atoms with Gasteiger partial charge in [-0.3, -0.25) is 14.5 Å². The van der Waals surface area contributed by atoms with Crippen molar-refractivity contribution in [2.75, 3.05) is 56.7 Å². The third kappa shape index (κ3) is 5.03. The second kappa shape index (κ2) is 9.45. The molecule has 0 aliphatic carbocycles. The summed E-state index contributed by atoms with van der Waals surface area (Å²) in [5.74, 6) is -2.04. The Morgan fingerprint density at radius 3 is 2.68 bits per heavy atom. The monoisotopic (exact) mass is 426 g/mol. The number of nitrogens with zero attached hydrogens (tertiary/aromatic N) is 2. The van der Waals surface area contributed by atoms with Gasteiger partial charge in [-0.05, 0) is 41.8 Å². The Morgan fingerprint density at radius 1 is 1.10 bits per heavy atom. The number of carbonyl (C=O) groups excluding carboxylic acids is 2. The van der Waals surface area contributed by atoms with Gasteiger partial charge in [-0.15, -0.1) is 0 Å². The molecule has 0 bridgehead atoms. The van der Waals surface area contributed by atoms with Crippen molar-refractivity contribution < 1.29 is 18.7 Å². The zero-order valence-corrected chi connectivity index (χ0v) is 17.6. The van der Waals surface area contributed by atoms with Crippen molar-refractivity contribution in [2.45, 2.75) is 12.5 Å². The predicted octanol–water partition coefficient (Wildman–Crippen LogP) is 1.95. The minimum absolute atomic E-state index is 0.0639. The molecular formula is C23H27FN4O3. The molecule has 0 radical (unpaired) electrons. The van der Waals surface area contributed by atoms with Crippen LogP contribution in [0.2, 0.25) is 0 Å². The summed E-state index contributed by atoms with van der Waals surface area (Å²) in [5, 5.41) is 5.19. The van der Waals surface area contributed by atoms with Crippen molar-refractivity contribution >= 4 is 23.2 Å². The molecule has 1 atom stereocenters. The van der Waals surface area contributed by atoms with Crippen LogP contribution in [0.5, 0.6) is 0 Å². The van der Waals surface area contributed by atoms with Gasteiger partial charge in [0.15, 0.2) is 0 Å². The van der Waals surface area contributed by atoms with E-state index in [1.807, 2.05) is 0 Å². The van der Waals surface area contributed by atoms with Crippen LogP contribution in [0.1, 0.15) is 17.2 Å². The molecule has 2 aliphatic rings. The molecule has 2 aliphatic heterocycles. The number of carbonyl (C=O) groups is 2. The smallest absolute Gasteiger partial charge is 0.313 e. The van der Waals surface area contributed by atoms with Crippen LogP contribution in [0.25, 0.3) is 0 Å². The van der Waals surface area contributed by atoms with Crippen LogP contribution in [0.4, 0.5) is 15.8 Å². The Hall–Kier alpha value is -2.97. The van der Waals surface area contributed by atoms with Crippen molar-refractivity contribution in [1.29, 1.82) is 0 Å². The van der Waals surface area contributed by atoms with Crippen LogP contribution in [-0.4, -0.2) is 63.2 Å². The fraction of sp³-hybridized carbons (Fsp3) is 0.391. The van der Waals surface area contributed by atoms with Gasteiger partial charge in [0.25, 0.3) is 0 Å². The van der Waals surface area contributed by atoms with Crippen LogP contribution >= 0.6 is 0 Å². The van der Waals surface area contributed by atoms with Crippen LogP contribution in [-0.2, 0) is 20.7 Å². The summed E-state index contributed by atoms with van der Waals surface area (Å²) in [4.78, 5) is 29.2. The molecule has 2 aromatic rings. The molecule has 2 heterocycles. The fourth-order valence-electron chi connectivity index (χ4n) is 4.16. The Kier molecular flexibility index (Phi) is 6.48. The number of hydrogen-bond donors (Lipinski definition) is 2. The molecule has 1 fully saturated rings. The summed E-state index contributed by atoms with van der Waals surface area (Å²) in [6.07, 6.45) is 0.998. The maximum atomic E-state index is 13.3. The third-order valence-corrected chi connectivity index (χ3v) is 5.85. The highest BCUT2D eigenvalue weighted by Gasteiger charge is 2.26. The Morgan fingerprint density at radius 2 is 1.90 bits per heavy atom. The van der Waals surface area contributed by atoms with Crippen molar-refractivity contribution in [1.82, 2.24) is 10.2 Å². The van der Waals surface area contributed by atoms with Crippen LogP contribution < -0.4 is 15.5 Å². The summed E-state index contributed by atoms with van der Waals surface area (Å²) < 4.78 is 18.8. The molecule has 2 amide bonds. The minimum Gasteiger partial charge on any atom is -0.379 e. The summed E-state index contributed by atoms with van der Waals surface area (Å²) in [5.41, 5.74) is 3.89. The van der Waals surface area contributed by atoms with Gasteiger partial charge >= 0.3 is 11.8 Å². The van der Waals surface area contributed by atoms with Crippen molar-refractivity contribution in [3.8, 4) is 0 Å². The van der Waals surface area contributed by atoms with Gasteiger partial charge in [0.1, 0.15) is 5.82 Å². The molecule has 0 aromatic heterocycles. The van der Waals surface area contributed by atoms with E-state index in [1.54, 1.807) is 0 Å². The number of amides is 2. The Bertz CT molecular complexity index is 962. The SMILES string of the molecule is CN1CCc2cc(C(CNC(=O)C(=O)Nc3cccc(F)c3)N3CCOCC3)ccc21. The number of anilines is 2. The third-order valence-electron chi connectivity index (χ3n) is 5.85. The zero-order chi connectivity index (χ0) is 21.8. The Balaban J connectivity index is 1.45. The van der Waals surface area contributed by atoms with Gasteiger partial charge in [-0.25, -0.2) is 4.39 Å². The first-order valence-corrected chi connectivity index (χ1v) is 10.5. The predicted molar refractivity (Wildman–Crippen MR) is 117 cm³/mol. The fourth-order valence-corrected chi connectivity index (χ4v) is 4.16. The lowest BCUT2D eigenvalue weighted by Crippen LogP contribution is -2.45. The maximum absolute atomic E-state index is 13.3. The maximum Gasteiger partial charge on any atom is 0.313 e. The van der Waals surface area contributed by atoms with Crippen molar-refractivity contribution in [2.24, 2.45) is 0 Å². The summed E-state index contributed by atoms with van der Waals surface area (Å²) >= 11 is 0. The number of hydrogen-bond acceptors (Lipinski definition) is 5. The van der Waals surface area contributed by atoms with E-state index in [4.69, 9.17) is 4.74 Å². The number of ether oxygens (including phenoxy) is 1. The lowest BCUT2D eigenvalue weighted by atomic mass is 10.0. The second-order valence-electron chi connectivity index (χ2n) is 7.90. The highest BCUT2D eigenvalue weighted by molar-refractivity contribution is 6.39. The molecule has 31 heavy (non-hydrogen) atoms. The lowest BCUT2D eigenvalue weighted by Gasteiger charge is -2.35. The van der Waals surface area contributed by atoms with E-state index in [9.17, 15) is 14.0 Å². The summed E-state index contributed by atoms with van der Waals surface area (Å²) in [6.45, 7) is 4.08. The molecule has 2 N–H and O–H groups in total. The van der Waals surface area contributed by atoms with Crippen LogP contribution in [0.3, 0.4) is 0 Å². The zero-order valence-electron chi connectivity index (χ0n) is 17.6. The van der Waals surface area contributed by atoms with E-state index < -0.39 is 17.6 Å². The molecule has 7 nitrogen and oxygen atoms in total. The van der Waals surface area contributed by atoms with E-state index in [2.05, 4.69) is 45.7 Å². The summed E-state index contributed by atoms with van der Waals surface area (Å²) in [7, 11) is 2.09. The first-order chi connectivity index (χ1) is 15.0. The minimum atomic E-state index is -0.818. The number of morpholine rings is 1. The van der Waals surface area contributed by atoms with E-state index in [1.165, 1.54) is 35.5 Å². The van der Waals surface area contributed by atoms with E-state index in [0.29, 0.717) is 19.8 Å². The standard InChI is InChI=1S/C23H27FN4O3/c1-27-8-7-17-13-16(5-6-20(17)27)21(28-9-11-31-12-10-28)15-25-22(29)23(30)26-19-4-2-3-18(24)14-19/h2-6,13-14,21H,7-12,15H2,1H3,(H,25,29)(H,26,30). The highest BCUT2D eigenvalue weighted by atomic mass is 19.1. The molecule has 1 saturated heterocycles. The molecule has 8 heteroatoms. The van der Waals surface area contributed by atoms with Crippen LogP contribution in [0, 0.1) is 5.82 Å². The van der Waals surface area contributed by atoms with Gasteiger partial charge in [0, 0.05) is 44.6 Å². The number of rotatable bonds is 5. The van der Waals surface area contributed by atoms with E-state index >= 15 is 0 Å². The molecule has 0 spiro atoms. The molecule has 0 saturated carbocycles. The number of likely N-dealkylation sites (N-methyl/N-ethyl adjacent to an activating group) is 1. The first kappa shape index (κ1) is 21.3. The molecule has 4 rings (SSSR count). The molecule has 2 aromatic carbocycles. The quantitative estimate of drug-likeness (QED) is 0.715. The number of nitrogens with one attached hydrogen (secondary N) is 2. The van der Waals surface area contributed by atoms with Crippen molar-refractivity contribution in [3.05, 3.63) is 59.4 Å². The Labute approximate surface area is 181 Å². The van der Waals surface area contributed by atoms with E-state index in [-0.39, 0.29) is 11.7 Å². The average Bonchev–Trinajstić information content (AvgIpc) is 3.14. The largest absolute Gasteiger partial charge is 0.379 e. The van der Waals surface area contributed by atoms with Gasteiger partial charge in [-0.1, -0.05) is 18.2 Å². The van der Waals surface area contributed by atoms with Crippen LogP contribution in [0.15, 0.2) is 42.5 Å². The van der Waals surface area contributed by atoms with Gasteiger partial charge in [0.2, 0.25) is 0 Å². The molecular weight excluding hydrogens is 399 g/mol. The number of halogens is 1. The average molecular weight is 426 g/mol. The molecule has 1 unspecified atom stereocenters. The number of fused-ring (bicyclic) bond motifs is 1. The van der Waals surface area contributed by atoms with Gasteiger partial charge < -0.3 is 20.3 Å². The normalized spacial score (nSPS) is 17.2. The van der Waals surface area contributed by atoms with Crippen molar-refractivity contribution in [3.63, 3.8) is 0 Å². The topological polar surface area (TPSA) is 73.9 Å². The highest BCUT2D eigenvalue weighted by Crippen LogP contribution is 2.31. The lowest BCUT2D eigenvalue weighted by molar-refractivity contribution is -0.136. The summed E-state index contributed by atoms with van der Waals surface area (Å²) in [6, 6.07) is 11.8. The van der Waals surface area contributed by atoms with Gasteiger partial charge in [0.05, 0.1) is 19.3 Å². The van der Waals surface area contributed by atoms with Gasteiger partial charge in [-0.2, -0.15) is 0 Å². The second-order valence-corrected chi connectivity index (χ2v) is 7.90.